The summed E-state index contributed by atoms with van der Waals surface area (Å²) in [4.78, 5) is 50.4. The van der Waals surface area contributed by atoms with E-state index in [1.165, 1.54) is 0 Å². The highest BCUT2D eigenvalue weighted by atomic mass is 15.7. The van der Waals surface area contributed by atoms with Gasteiger partial charge < -0.3 is 20.3 Å². The quantitative estimate of drug-likeness (QED) is 0.129. The highest BCUT2D eigenvalue weighted by Crippen LogP contribution is 2.66. The number of nitrogens with one attached hydrogen (secondary N) is 4. The predicted octanol–water partition coefficient (Wildman–Crippen LogP) is 6.42. The lowest BCUT2D eigenvalue weighted by Gasteiger charge is -2.64. The topological polar surface area (TPSA) is 169 Å². The molecular formula is C43H34N14. The molecule has 14 heteroatoms. The van der Waals surface area contributed by atoms with E-state index in [0.717, 1.165) is 33.7 Å². The van der Waals surface area contributed by atoms with Gasteiger partial charge >= 0.3 is 0 Å². The number of H-pyrrole nitrogens is 3. The van der Waals surface area contributed by atoms with Crippen molar-refractivity contribution in [2.45, 2.75) is 17.0 Å². The van der Waals surface area contributed by atoms with Crippen LogP contribution in [0.2, 0.25) is 0 Å². The molecule has 0 bridgehead atoms. The Morgan fingerprint density at radius 3 is 2.02 bits per heavy atom. The van der Waals surface area contributed by atoms with E-state index in [1.54, 1.807) is 55.8 Å². The van der Waals surface area contributed by atoms with Gasteiger partial charge in [0.1, 0.15) is 22.7 Å². The minimum atomic E-state index is -1.42. The number of anilines is 2. The molecule has 0 aromatic carbocycles. The molecular weight excluding hydrogens is 713 g/mol. The molecule has 2 aliphatic rings. The van der Waals surface area contributed by atoms with E-state index in [1.807, 2.05) is 104 Å². The molecule has 10 rings (SSSR count). The van der Waals surface area contributed by atoms with Crippen molar-refractivity contribution in [2.75, 3.05) is 10.0 Å². The van der Waals surface area contributed by atoms with Gasteiger partial charge in [0.25, 0.3) is 0 Å². The monoisotopic (exact) mass is 746 g/mol. The molecule has 0 aliphatic carbocycles. The summed E-state index contributed by atoms with van der Waals surface area (Å²) in [7, 11) is 0. The largest absolute Gasteiger partial charge is 0.374 e. The molecule has 0 fully saturated rings. The molecule has 8 aromatic rings. The second kappa shape index (κ2) is 14.0. The molecule has 0 radical (unpaired) electrons. The summed E-state index contributed by atoms with van der Waals surface area (Å²) in [6, 6.07) is 25.6. The highest BCUT2D eigenvalue weighted by molar-refractivity contribution is 6.02. The SMILES string of the molecule is C1=CNC(c2ccc[nH]2)(C2(c3ccncc3)C(c3ncccn3)C(c3ncccn3)=C(c3cccnc3)N(c3ccc[nH]3)N2c2ncccn2)C(c2ccc[nH]2)=C1. The number of pyridine rings is 2. The Kier molecular flexibility index (Phi) is 8.25. The normalized spacial score (nSPS) is 20.6. The minimum Gasteiger partial charge on any atom is -0.374 e. The van der Waals surface area contributed by atoms with Crippen molar-refractivity contribution in [3.05, 3.63) is 212 Å². The van der Waals surface area contributed by atoms with Crippen molar-refractivity contribution in [1.29, 1.82) is 0 Å². The summed E-state index contributed by atoms with van der Waals surface area (Å²) < 4.78 is 0. The maximum Gasteiger partial charge on any atom is 0.245 e. The first kappa shape index (κ1) is 33.6. The summed E-state index contributed by atoms with van der Waals surface area (Å²) >= 11 is 0. The molecule has 2 aliphatic heterocycles. The molecule has 8 aromatic heterocycles. The van der Waals surface area contributed by atoms with Gasteiger partial charge in [0.2, 0.25) is 5.95 Å². The third kappa shape index (κ3) is 5.18. The second-order valence-electron chi connectivity index (χ2n) is 13.3. The summed E-state index contributed by atoms with van der Waals surface area (Å²) in [5, 5.41) is 8.27. The lowest BCUT2D eigenvalue weighted by atomic mass is 9.55. The zero-order valence-corrected chi connectivity index (χ0v) is 30.3. The molecule has 4 N–H and O–H groups in total. The zero-order chi connectivity index (χ0) is 38.1. The zero-order valence-electron chi connectivity index (χ0n) is 30.3. The van der Waals surface area contributed by atoms with E-state index in [4.69, 9.17) is 29.9 Å². The molecule has 0 saturated carbocycles. The van der Waals surface area contributed by atoms with Crippen LogP contribution in [0.1, 0.15) is 40.1 Å². The van der Waals surface area contributed by atoms with Crippen molar-refractivity contribution >= 4 is 28.6 Å². The third-order valence-electron chi connectivity index (χ3n) is 10.5. The van der Waals surface area contributed by atoms with Gasteiger partial charge in [-0.15, -0.1) is 0 Å². The summed E-state index contributed by atoms with van der Waals surface area (Å²) in [6.07, 6.45) is 29.6. The number of aromatic amines is 3. The Balaban J connectivity index is 1.51. The van der Waals surface area contributed by atoms with Crippen LogP contribution in [-0.2, 0) is 11.1 Å². The van der Waals surface area contributed by atoms with E-state index in [-0.39, 0.29) is 0 Å². The van der Waals surface area contributed by atoms with Crippen molar-refractivity contribution in [2.24, 2.45) is 0 Å². The van der Waals surface area contributed by atoms with Gasteiger partial charge in [-0.05, 0) is 96.7 Å². The molecule has 0 saturated heterocycles. The lowest BCUT2D eigenvalue weighted by molar-refractivity contribution is 0.194. The first-order chi connectivity index (χ1) is 28.3. The van der Waals surface area contributed by atoms with Crippen molar-refractivity contribution in [3.8, 4) is 0 Å². The number of dihydropyridines is 1. The molecule has 57 heavy (non-hydrogen) atoms. The smallest absolute Gasteiger partial charge is 0.245 e. The molecule has 0 spiro atoms. The van der Waals surface area contributed by atoms with Crippen molar-refractivity contribution in [1.82, 2.24) is 60.1 Å². The van der Waals surface area contributed by atoms with Crippen LogP contribution >= 0.6 is 0 Å². The first-order valence-corrected chi connectivity index (χ1v) is 18.3. The van der Waals surface area contributed by atoms with Gasteiger partial charge in [-0.1, -0.05) is 6.08 Å². The molecule has 14 nitrogen and oxygen atoms in total. The van der Waals surface area contributed by atoms with E-state index in [9.17, 15) is 0 Å². The van der Waals surface area contributed by atoms with Gasteiger partial charge in [-0.2, -0.15) is 0 Å². The van der Waals surface area contributed by atoms with E-state index < -0.39 is 17.0 Å². The van der Waals surface area contributed by atoms with Crippen LogP contribution in [-0.4, -0.2) is 54.8 Å². The average Bonchev–Trinajstić information content (AvgIpc) is 4.13. The fourth-order valence-electron chi connectivity index (χ4n) is 8.50. The maximum atomic E-state index is 5.13. The lowest BCUT2D eigenvalue weighted by Crippen LogP contribution is -2.74. The Bertz CT molecular complexity index is 2650. The van der Waals surface area contributed by atoms with E-state index in [0.29, 0.717) is 29.1 Å². The van der Waals surface area contributed by atoms with Crippen molar-refractivity contribution < 1.29 is 0 Å². The molecule has 3 unspecified atom stereocenters. The molecule has 10 heterocycles. The number of allylic oxidation sites excluding steroid dienone is 2. The van der Waals surface area contributed by atoms with Crippen LogP contribution in [0.25, 0.3) is 16.8 Å². The Morgan fingerprint density at radius 2 is 1.33 bits per heavy atom. The summed E-state index contributed by atoms with van der Waals surface area (Å²) in [5.74, 6) is 1.25. The molecule has 3 atom stereocenters. The minimum absolute atomic E-state index is 0.382. The molecule has 0 amide bonds. The van der Waals surface area contributed by atoms with Crippen LogP contribution in [0.4, 0.5) is 11.8 Å². The number of hydrogen-bond donors (Lipinski definition) is 4. The van der Waals surface area contributed by atoms with Crippen LogP contribution in [0.3, 0.4) is 0 Å². The third-order valence-corrected chi connectivity index (χ3v) is 10.5. The van der Waals surface area contributed by atoms with Gasteiger partial charge in [0.15, 0.2) is 5.82 Å². The van der Waals surface area contributed by atoms with Crippen LogP contribution in [0, 0.1) is 0 Å². The van der Waals surface area contributed by atoms with Gasteiger partial charge in [0, 0.05) is 109 Å². The second-order valence-corrected chi connectivity index (χ2v) is 13.3. The Hall–Kier alpha value is -8.00. The fraction of sp³-hybridized carbons (Fsp3) is 0.0698. The highest BCUT2D eigenvalue weighted by Gasteiger charge is 2.70. The van der Waals surface area contributed by atoms with Crippen LogP contribution in [0.5, 0.6) is 0 Å². The van der Waals surface area contributed by atoms with Crippen molar-refractivity contribution in [3.63, 3.8) is 0 Å². The predicted molar refractivity (Wildman–Crippen MR) is 215 cm³/mol. The maximum absolute atomic E-state index is 5.13. The number of aromatic nitrogens is 11. The first-order valence-electron chi connectivity index (χ1n) is 18.3. The van der Waals surface area contributed by atoms with Crippen LogP contribution < -0.4 is 15.3 Å². The number of rotatable bonds is 9. The fourth-order valence-corrected chi connectivity index (χ4v) is 8.50. The number of hydrogen-bond acceptors (Lipinski definition) is 11. The van der Waals surface area contributed by atoms with E-state index in [2.05, 4.69) is 58.5 Å². The summed E-state index contributed by atoms with van der Waals surface area (Å²) in [5.41, 5.74) is 2.98. The molecule has 276 valence electrons. The number of nitrogens with zero attached hydrogens (tertiary/aromatic N) is 10. The summed E-state index contributed by atoms with van der Waals surface area (Å²) in [6.45, 7) is 0. The van der Waals surface area contributed by atoms with E-state index >= 15 is 0 Å². The Morgan fingerprint density at radius 1 is 0.614 bits per heavy atom. The van der Waals surface area contributed by atoms with Crippen LogP contribution in [0.15, 0.2) is 178 Å². The standard InChI is InChI=1S/C43H34N14/c1-9-30(29-45-16-1)38-36(39-49-20-6-21-50-39)37(40-51-22-7-23-52-40)43(31-14-27-44-28-15-31,57(41-53-24-8-25-54-41)56(38)35-13-5-19-48-35)42(34-12-4-18-47-34)32(10-2-26-55-42)33-11-3-17-46-33/h1-29,37,46-48,55H. The van der Waals surface area contributed by atoms with Gasteiger partial charge in [-0.25, -0.2) is 39.9 Å². The Labute approximate surface area is 326 Å². The van der Waals surface area contributed by atoms with Gasteiger partial charge in [-0.3, -0.25) is 9.97 Å². The average molecular weight is 747 g/mol. The van der Waals surface area contributed by atoms with Gasteiger partial charge in [0.05, 0.1) is 11.6 Å². The number of hydrazine groups is 1.